The highest BCUT2D eigenvalue weighted by atomic mass is 16.3. The van der Waals surface area contributed by atoms with Gasteiger partial charge >= 0.3 is 0 Å². The minimum atomic E-state index is -0.0500. The van der Waals surface area contributed by atoms with Crippen LogP contribution >= 0.6 is 0 Å². The molecule has 1 aliphatic rings. The number of amides is 1. The molecule has 0 bridgehead atoms. The third kappa shape index (κ3) is 3.74. The number of hydrogen-bond acceptors (Lipinski definition) is 3. The first-order chi connectivity index (χ1) is 8.69. The van der Waals surface area contributed by atoms with Crippen molar-refractivity contribution in [1.82, 2.24) is 5.32 Å². The van der Waals surface area contributed by atoms with Crippen molar-refractivity contribution < 1.29 is 15.0 Å². The van der Waals surface area contributed by atoms with Crippen molar-refractivity contribution in [1.29, 1.82) is 0 Å². The molecule has 0 aromatic heterocycles. The lowest BCUT2D eigenvalue weighted by Crippen LogP contribution is -2.38. The van der Waals surface area contributed by atoms with E-state index in [0.717, 1.165) is 18.4 Å². The quantitative estimate of drug-likeness (QED) is 0.710. The Kier molecular flexibility index (Phi) is 4.20. The highest BCUT2D eigenvalue weighted by molar-refractivity contribution is 5.79. The first kappa shape index (κ1) is 12.9. The molecule has 1 atom stereocenters. The summed E-state index contributed by atoms with van der Waals surface area (Å²) in [6.07, 6.45) is 3.16. The zero-order chi connectivity index (χ0) is 13.0. The van der Waals surface area contributed by atoms with Gasteiger partial charge in [0.15, 0.2) is 0 Å². The maximum atomic E-state index is 11.9. The molecule has 98 valence electrons. The van der Waals surface area contributed by atoms with E-state index in [-0.39, 0.29) is 30.7 Å². The molecule has 1 amide bonds. The number of carbonyl (C=O) groups is 1. The van der Waals surface area contributed by atoms with Gasteiger partial charge in [0.2, 0.25) is 5.91 Å². The summed E-state index contributed by atoms with van der Waals surface area (Å²) in [4.78, 5) is 11.9. The monoisotopic (exact) mass is 249 g/mol. The third-order valence-electron chi connectivity index (χ3n) is 3.25. The van der Waals surface area contributed by atoms with Crippen molar-refractivity contribution in [2.75, 3.05) is 6.61 Å². The Hall–Kier alpha value is -1.55. The van der Waals surface area contributed by atoms with E-state index in [1.807, 2.05) is 6.07 Å². The number of phenols is 1. The number of nitrogens with one attached hydrogen (secondary N) is 1. The van der Waals surface area contributed by atoms with Crippen LogP contribution in [0.4, 0.5) is 0 Å². The normalized spacial score (nSPS) is 16.3. The van der Waals surface area contributed by atoms with E-state index in [2.05, 4.69) is 5.32 Å². The van der Waals surface area contributed by atoms with Crippen LogP contribution in [-0.2, 0) is 11.2 Å². The van der Waals surface area contributed by atoms with E-state index >= 15 is 0 Å². The second kappa shape index (κ2) is 5.87. The number of aliphatic hydroxyl groups is 1. The van der Waals surface area contributed by atoms with Gasteiger partial charge in [0.1, 0.15) is 5.75 Å². The van der Waals surface area contributed by atoms with Gasteiger partial charge in [-0.1, -0.05) is 12.1 Å². The molecule has 0 radical (unpaired) electrons. The fraction of sp³-hybridized carbons (Fsp3) is 0.500. The van der Waals surface area contributed by atoms with Crippen LogP contribution in [0.15, 0.2) is 24.3 Å². The van der Waals surface area contributed by atoms with E-state index in [4.69, 9.17) is 5.11 Å². The molecule has 4 heteroatoms. The first-order valence-corrected chi connectivity index (χ1v) is 6.37. The molecule has 1 aromatic rings. The van der Waals surface area contributed by atoms with Gasteiger partial charge in [-0.05, 0) is 42.9 Å². The molecule has 1 unspecified atom stereocenters. The number of rotatable bonds is 6. The van der Waals surface area contributed by atoms with E-state index in [0.29, 0.717) is 12.3 Å². The van der Waals surface area contributed by atoms with Crippen LogP contribution in [0.1, 0.15) is 24.8 Å². The van der Waals surface area contributed by atoms with Gasteiger partial charge in [-0.2, -0.15) is 0 Å². The number of phenolic OH excluding ortho intramolecular Hbond substituents is 1. The van der Waals surface area contributed by atoms with Gasteiger partial charge in [0, 0.05) is 12.6 Å². The van der Waals surface area contributed by atoms with Crippen LogP contribution in [0.25, 0.3) is 0 Å². The van der Waals surface area contributed by atoms with Crippen molar-refractivity contribution in [3.05, 3.63) is 29.8 Å². The summed E-state index contributed by atoms with van der Waals surface area (Å²) in [5.74, 6) is 0.658. The predicted octanol–water partition coefficient (Wildman–Crippen LogP) is 1.21. The molecule has 0 heterocycles. The smallest absolute Gasteiger partial charge is 0.224 e. The second-order valence-corrected chi connectivity index (χ2v) is 4.87. The second-order valence-electron chi connectivity index (χ2n) is 4.87. The first-order valence-electron chi connectivity index (χ1n) is 6.37. The van der Waals surface area contributed by atoms with Crippen molar-refractivity contribution in [2.45, 2.75) is 31.7 Å². The predicted molar refractivity (Wildman–Crippen MR) is 68.2 cm³/mol. The third-order valence-corrected chi connectivity index (χ3v) is 3.25. The minimum Gasteiger partial charge on any atom is -0.508 e. The Morgan fingerprint density at radius 1 is 1.44 bits per heavy atom. The highest BCUT2D eigenvalue weighted by Gasteiger charge is 2.31. The van der Waals surface area contributed by atoms with Gasteiger partial charge in [-0.25, -0.2) is 0 Å². The zero-order valence-electron chi connectivity index (χ0n) is 10.3. The molecular weight excluding hydrogens is 230 g/mol. The van der Waals surface area contributed by atoms with Crippen molar-refractivity contribution in [2.24, 2.45) is 5.92 Å². The van der Waals surface area contributed by atoms with Crippen LogP contribution in [0.3, 0.4) is 0 Å². The lowest BCUT2D eigenvalue weighted by molar-refractivity contribution is -0.121. The van der Waals surface area contributed by atoms with E-state index < -0.39 is 0 Å². The molecule has 0 aliphatic heterocycles. The average Bonchev–Trinajstić information content (AvgIpc) is 3.12. The summed E-state index contributed by atoms with van der Waals surface area (Å²) in [6, 6.07) is 6.82. The van der Waals surface area contributed by atoms with E-state index in [1.165, 1.54) is 0 Å². The molecule has 2 rings (SSSR count). The van der Waals surface area contributed by atoms with Gasteiger partial charge < -0.3 is 15.5 Å². The molecule has 3 N–H and O–H groups in total. The van der Waals surface area contributed by atoms with Crippen LogP contribution < -0.4 is 5.32 Å². The van der Waals surface area contributed by atoms with Gasteiger partial charge in [0.25, 0.3) is 0 Å². The van der Waals surface area contributed by atoms with Crippen molar-refractivity contribution >= 4 is 5.91 Å². The topological polar surface area (TPSA) is 69.6 Å². The molecule has 1 fully saturated rings. The Balaban J connectivity index is 1.87. The zero-order valence-corrected chi connectivity index (χ0v) is 10.3. The number of hydrogen-bond donors (Lipinski definition) is 3. The molecular formula is C14H19NO3. The molecule has 4 nitrogen and oxygen atoms in total. The minimum absolute atomic E-state index is 0.0500. The van der Waals surface area contributed by atoms with E-state index in [1.54, 1.807) is 18.2 Å². The highest BCUT2D eigenvalue weighted by Crippen LogP contribution is 2.33. The lowest BCUT2D eigenvalue weighted by Gasteiger charge is -2.17. The number of benzene rings is 1. The summed E-state index contributed by atoms with van der Waals surface area (Å²) in [5, 5.41) is 21.3. The molecule has 0 saturated heterocycles. The summed E-state index contributed by atoms with van der Waals surface area (Å²) in [6.45, 7) is 0.105. The number of aliphatic hydroxyl groups excluding tert-OH is 1. The maximum absolute atomic E-state index is 11.9. The van der Waals surface area contributed by atoms with Gasteiger partial charge in [-0.3, -0.25) is 4.79 Å². The average molecular weight is 249 g/mol. The summed E-state index contributed by atoms with van der Waals surface area (Å²) < 4.78 is 0. The molecule has 1 saturated carbocycles. The Labute approximate surface area is 107 Å². The van der Waals surface area contributed by atoms with Gasteiger partial charge in [-0.15, -0.1) is 0 Å². The Morgan fingerprint density at radius 2 is 2.22 bits per heavy atom. The van der Waals surface area contributed by atoms with Gasteiger partial charge in [0.05, 0.1) is 6.42 Å². The maximum Gasteiger partial charge on any atom is 0.224 e. The number of aromatic hydroxyl groups is 1. The Bertz CT molecular complexity index is 415. The SMILES string of the molecule is O=C(Cc1cccc(O)c1)NC(CCO)C1CC1. The van der Waals surface area contributed by atoms with Crippen molar-refractivity contribution in [3.63, 3.8) is 0 Å². The summed E-state index contributed by atoms with van der Waals surface area (Å²) in [5.41, 5.74) is 0.797. The van der Waals surface area contributed by atoms with E-state index in [9.17, 15) is 9.90 Å². The molecule has 1 aromatic carbocycles. The van der Waals surface area contributed by atoms with Crippen LogP contribution in [0.5, 0.6) is 5.75 Å². The molecule has 18 heavy (non-hydrogen) atoms. The van der Waals surface area contributed by atoms with Crippen LogP contribution in [0.2, 0.25) is 0 Å². The summed E-state index contributed by atoms with van der Waals surface area (Å²) in [7, 11) is 0. The van der Waals surface area contributed by atoms with Crippen molar-refractivity contribution in [3.8, 4) is 5.75 Å². The number of carbonyl (C=O) groups excluding carboxylic acids is 1. The standard InChI is InChI=1S/C14H19NO3/c16-7-6-13(11-4-5-11)15-14(18)9-10-2-1-3-12(17)8-10/h1-3,8,11,13,16-17H,4-7,9H2,(H,15,18). The lowest BCUT2D eigenvalue weighted by atomic mass is 10.1. The van der Waals surface area contributed by atoms with Crippen LogP contribution in [0, 0.1) is 5.92 Å². The molecule has 0 spiro atoms. The van der Waals surface area contributed by atoms with Crippen LogP contribution in [-0.4, -0.2) is 28.8 Å². The fourth-order valence-electron chi connectivity index (χ4n) is 2.17. The largest absolute Gasteiger partial charge is 0.508 e. The fourth-order valence-corrected chi connectivity index (χ4v) is 2.17. The Morgan fingerprint density at radius 3 is 2.83 bits per heavy atom. The molecule has 1 aliphatic carbocycles. The summed E-state index contributed by atoms with van der Waals surface area (Å²) >= 11 is 0.